The summed E-state index contributed by atoms with van der Waals surface area (Å²) in [7, 11) is 0. The third-order valence-electron chi connectivity index (χ3n) is 3.53. The zero-order chi connectivity index (χ0) is 13.3. The van der Waals surface area contributed by atoms with Crippen molar-refractivity contribution in [3.05, 3.63) is 35.4 Å². The van der Waals surface area contributed by atoms with Crippen molar-refractivity contribution in [1.29, 1.82) is 5.26 Å². The summed E-state index contributed by atoms with van der Waals surface area (Å²) in [5, 5.41) is 9.13. The summed E-state index contributed by atoms with van der Waals surface area (Å²) in [6.07, 6.45) is 1.20. The molecule has 1 saturated carbocycles. The molecule has 0 amide bonds. The Labute approximate surface area is 106 Å². The highest BCUT2D eigenvalue weighted by Gasteiger charge is 2.48. The second kappa shape index (κ2) is 4.68. The van der Waals surface area contributed by atoms with Gasteiger partial charge < -0.3 is 0 Å². The molecule has 18 heavy (non-hydrogen) atoms. The smallest absolute Gasteiger partial charge is 0.201 e. The van der Waals surface area contributed by atoms with Crippen LogP contribution >= 0.6 is 0 Å². The fourth-order valence-corrected chi connectivity index (χ4v) is 2.23. The Balaban J connectivity index is 2.33. The normalized spacial score (nSPS) is 17.6. The number of benzene rings is 1. The van der Waals surface area contributed by atoms with Crippen molar-refractivity contribution in [3.63, 3.8) is 0 Å². The van der Waals surface area contributed by atoms with Crippen LogP contribution in [0.25, 0.3) is 0 Å². The third kappa shape index (κ3) is 2.38. The Morgan fingerprint density at radius 1 is 1.33 bits per heavy atom. The van der Waals surface area contributed by atoms with E-state index in [2.05, 4.69) is 6.07 Å². The summed E-state index contributed by atoms with van der Waals surface area (Å²) in [4.78, 5) is 0. The Kier molecular flexibility index (Phi) is 3.38. The van der Waals surface area contributed by atoms with Gasteiger partial charge in [0, 0.05) is 11.5 Å². The molecule has 0 N–H and O–H groups in total. The van der Waals surface area contributed by atoms with Crippen LogP contribution in [0.2, 0.25) is 0 Å². The van der Waals surface area contributed by atoms with E-state index in [1.807, 2.05) is 13.8 Å². The standard InChI is InChI=1S/C15H17F2N/c1-10(2)14(9-18)11-4-3-5-13(8-11)15(16,17)12-6-7-12/h3-5,8,10,12,14H,6-7H2,1-2H3. The van der Waals surface area contributed by atoms with Gasteiger partial charge in [-0.2, -0.15) is 5.26 Å². The number of nitrogens with zero attached hydrogens (tertiary/aromatic N) is 1. The van der Waals surface area contributed by atoms with E-state index in [9.17, 15) is 8.78 Å². The first kappa shape index (κ1) is 13.0. The summed E-state index contributed by atoms with van der Waals surface area (Å²) in [6, 6.07) is 8.57. The number of nitriles is 1. The molecular formula is C15H17F2N. The van der Waals surface area contributed by atoms with Gasteiger partial charge in [-0.3, -0.25) is 0 Å². The molecular weight excluding hydrogens is 232 g/mol. The number of alkyl halides is 2. The van der Waals surface area contributed by atoms with Gasteiger partial charge >= 0.3 is 0 Å². The topological polar surface area (TPSA) is 23.8 Å². The highest BCUT2D eigenvalue weighted by molar-refractivity contribution is 5.33. The van der Waals surface area contributed by atoms with E-state index >= 15 is 0 Å². The Morgan fingerprint density at radius 3 is 2.50 bits per heavy atom. The van der Waals surface area contributed by atoms with Gasteiger partial charge in [-0.05, 0) is 30.4 Å². The van der Waals surface area contributed by atoms with E-state index in [1.165, 1.54) is 12.1 Å². The summed E-state index contributed by atoms with van der Waals surface area (Å²) in [6.45, 7) is 3.86. The predicted octanol–water partition coefficient (Wildman–Crippen LogP) is 4.45. The van der Waals surface area contributed by atoms with Gasteiger partial charge in [0.1, 0.15) is 0 Å². The first-order valence-electron chi connectivity index (χ1n) is 6.34. The zero-order valence-corrected chi connectivity index (χ0v) is 10.7. The zero-order valence-electron chi connectivity index (χ0n) is 10.7. The van der Waals surface area contributed by atoms with Crippen molar-refractivity contribution in [1.82, 2.24) is 0 Å². The van der Waals surface area contributed by atoms with Crippen LogP contribution in [0, 0.1) is 23.2 Å². The van der Waals surface area contributed by atoms with Crippen molar-refractivity contribution in [3.8, 4) is 6.07 Å². The van der Waals surface area contributed by atoms with Crippen LogP contribution in [0.3, 0.4) is 0 Å². The fourth-order valence-electron chi connectivity index (χ4n) is 2.23. The minimum atomic E-state index is -2.74. The van der Waals surface area contributed by atoms with Gasteiger partial charge in [0.15, 0.2) is 0 Å². The van der Waals surface area contributed by atoms with Crippen molar-refractivity contribution in [2.45, 2.75) is 38.5 Å². The van der Waals surface area contributed by atoms with Crippen molar-refractivity contribution in [2.75, 3.05) is 0 Å². The molecule has 0 saturated heterocycles. The van der Waals surface area contributed by atoms with Gasteiger partial charge in [0.2, 0.25) is 0 Å². The first-order valence-corrected chi connectivity index (χ1v) is 6.34. The maximum Gasteiger partial charge on any atom is 0.276 e. The molecule has 0 aliphatic heterocycles. The lowest BCUT2D eigenvalue weighted by Gasteiger charge is -2.19. The Morgan fingerprint density at radius 2 is 2.00 bits per heavy atom. The highest BCUT2D eigenvalue weighted by atomic mass is 19.3. The predicted molar refractivity (Wildman–Crippen MR) is 66.3 cm³/mol. The van der Waals surface area contributed by atoms with Crippen molar-refractivity contribution >= 4 is 0 Å². The maximum absolute atomic E-state index is 14.0. The minimum absolute atomic E-state index is 0.0587. The van der Waals surface area contributed by atoms with Crippen LogP contribution in [0.15, 0.2) is 24.3 Å². The molecule has 1 unspecified atom stereocenters. The quantitative estimate of drug-likeness (QED) is 0.773. The molecule has 3 heteroatoms. The molecule has 0 heterocycles. The van der Waals surface area contributed by atoms with Crippen molar-refractivity contribution < 1.29 is 8.78 Å². The average molecular weight is 249 g/mol. The van der Waals surface area contributed by atoms with E-state index in [-0.39, 0.29) is 17.4 Å². The van der Waals surface area contributed by atoms with Gasteiger partial charge in [-0.15, -0.1) is 0 Å². The lowest BCUT2D eigenvalue weighted by atomic mass is 9.88. The SMILES string of the molecule is CC(C)C(C#N)c1cccc(C(F)(F)C2CC2)c1. The second-order valence-electron chi connectivity index (χ2n) is 5.37. The summed E-state index contributed by atoms with van der Waals surface area (Å²) >= 11 is 0. The highest BCUT2D eigenvalue weighted by Crippen LogP contribution is 2.49. The molecule has 0 spiro atoms. The molecule has 96 valence electrons. The number of halogens is 2. The van der Waals surface area contributed by atoms with Crippen LogP contribution in [0.1, 0.15) is 43.7 Å². The third-order valence-corrected chi connectivity index (χ3v) is 3.53. The lowest BCUT2D eigenvalue weighted by molar-refractivity contribution is -0.0286. The number of hydrogen-bond acceptors (Lipinski definition) is 1. The van der Waals surface area contributed by atoms with E-state index in [4.69, 9.17) is 5.26 Å². The molecule has 1 fully saturated rings. The van der Waals surface area contributed by atoms with E-state index in [0.29, 0.717) is 18.4 Å². The van der Waals surface area contributed by atoms with Gasteiger partial charge in [0.05, 0.1) is 12.0 Å². The minimum Gasteiger partial charge on any atom is -0.201 e. The molecule has 2 rings (SSSR count). The summed E-state index contributed by atoms with van der Waals surface area (Å²) in [5.74, 6) is -3.44. The van der Waals surface area contributed by atoms with Crippen LogP contribution in [-0.2, 0) is 5.92 Å². The Hall–Kier alpha value is -1.43. The van der Waals surface area contributed by atoms with Crippen LogP contribution < -0.4 is 0 Å². The number of hydrogen-bond donors (Lipinski definition) is 0. The van der Waals surface area contributed by atoms with Crippen LogP contribution in [0.4, 0.5) is 8.78 Å². The van der Waals surface area contributed by atoms with Crippen LogP contribution in [-0.4, -0.2) is 0 Å². The number of rotatable bonds is 4. The fraction of sp³-hybridized carbons (Fsp3) is 0.533. The molecule has 1 aliphatic rings. The second-order valence-corrected chi connectivity index (χ2v) is 5.37. The molecule has 1 nitrogen and oxygen atoms in total. The molecule has 1 aliphatic carbocycles. The molecule has 0 aromatic heterocycles. The van der Waals surface area contributed by atoms with Gasteiger partial charge in [-0.1, -0.05) is 32.0 Å². The molecule has 1 atom stereocenters. The van der Waals surface area contributed by atoms with Crippen LogP contribution in [0.5, 0.6) is 0 Å². The monoisotopic (exact) mass is 249 g/mol. The Bertz CT molecular complexity index is 470. The first-order chi connectivity index (χ1) is 8.46. The lowest BCUT2D eigenvalue weighted by Crippen LogP contribution is -2.17. The van der Waals surface area contributed by atoms with E-state index in [1.54, 1.807) is 12.1 Å². The maximum atomic E-state index is 14.0. The van der Waals surface area contributed by atoms with Gasteiger partial charge in [0.25, 0.3) is 5.92 Å². The molecule has 1 aromatic carbocycles. The molecule has 1 aromatic rings. The molecule has 0 radical (unpaired) electrons. The summed E-state index contributed by atoms with van der Waals surface area (Å²) in [5.41, 5.74) is 0.758. The summed E-state index contributed by atoms with van der Waals surface area (Å²) < 4.78 is 28.0. The van der Waals surface area contributed by atoms with Crippen molar-refractivity contribution in [2.24, 2.45) is 11.8 Å². The molecule has 0 bridgehead atoms. The van der Waals surface area contributed by atoms with Gasteiger partial charge in [-0.25, -0.2) is 8.78 Å². The average Bonchev–Trinajstić information content (AvgIpc) is 3.14. The van der Waals surface area contributed by atoms with E-state index in [0.717, 1.165) is 0 Å². The van der Waals surface area contributed by atoms with E-state index < -0.39 is 11.8 Å². The largest absolute Gasteiger partial charge is 0.276 e.